The maximum atomic E-state index is 6.12. The van der Waals surface area contributed by atoms with Gasteiger partial charge in [0.15, 0.2) is 0 Å². The van der Waals surface area contributed by atoms with Gasteiger partial charge >= 0.3 is 0 Å². The normalized spacial score (nSPS) is 30.4. The minimum absolute atomic E-state index is 0.184. The Bertz CT molecular complexity index is 1010. The van der Waals surface area contributed by atoms with Crippen LogP contribution in [0.4, 0.5) is 0 Å². The van der Waals surface area contributed by atoms with Gasteiger partial charge in [-0.25, -0.2) is 0 Å². The average Bonchev–Trinajstić information content (AvgIpc) is 3.36. The van der Waals surface area contributed by atoms with Gasteiger partial charge in [0.2, 0.25) is 0 Å². The van der Waals surface area contributed by atoms with E-state index >= 15 is 0 Å². The Balaban J connectivity index is 1.39. The second kappa shape index (κ2) is 6.63. The molecule has 4 bridgehead atoms. The van der Waals surface area contributed by atoms with Crippen LogP contribution < -0.4 is 0 Å². The Hall–Kier alpha value is -2.26. The molecule has 3 aromatic rings. The first-order valence-electron chi connectivity index (χ1n) is 10.8. The van der Waals surface area contributed by atoms with Crippen LogP contribution in [0.15, 0.2) is 53.7 Å². The van der Waals surface area contributed by atoms with Crippen LogP contribution in [0.5, 0.6) is 0 Å². The van der Waals surface area contributed by atoms with Gasteiger partial charge in [0.1, 0.15) is 0 Å². The van der Waals surface area contributed by atoms with E-state index in [-0.39, 0.29) is 5.54 Å². The Kier molecular flexibility index (Phi) is 4.02. The number of H-pyrrole nitrogens is 2. The molecule has 2 N–H and O–H groups in total. The van der Waals surface area contributed by atoms with Crippen LogP contribution in [-0.2, 0) is 0 Å². The van der Waals surface area contributed by atoms with Crippen LogP contribution in [0.3, 0.4) is 0 Å². The van der Waals surface area contributed by atoms with Gasteiger partial charge in [-0.3, -0.25) is 4.99 Å². The fraction of sp³-hybridized carbons (Fsp3) is 0.400. The number of aromatic amines is 2. The second-order valence-corrected chi connectivity index (χ2v) is 9.94. The molecule has 0 saturated heterocycles. The van der Waals surface area contributed by atoms with Crippen LogP contribution in [0.1, 0.15) is 44.2 Å². The minimum Gasteiger partial charge on any atom is -0.360 e. The van der Waals surface area contributed by atoms with E-state index < -0.39 is 0 Å². The summed E-state index contributed by atoms with van der Waals surface area (Å²) < 4.78 is 0. The van der Waals surface area contributed by atoms with Gasteiger partial charge in [0.25, 0.3) is 0 Å². The summed E-state index contributed by atoms with van der Waals surface area (Å²) in [6.07, 6.45) is 12.3. The summed E-state index contributed by atoms with van der Waals surface area (Å²) in [6, 6.07) is 14.4. The fourth-order valence-corrected chi connectivity index (χ4v) is 6.63. The maximum Gasteiger partial charge on any atom is 0.0646 e. The average molecular weight is 404 g/mol. The molecule has 0 spiro atoms. The summed E-state index contributed by atoms with van der Waals surface area (Å²) in [5.41, 5.74) is 5.80. The third-order valence-electron chi connectivity index (χ3n) is 7.36. The molecular formula is C25H26ClN3. The number of nitrogens with zero attached hydrogens (tertiary/aromatic N) is 1. The smallest absolute Gasteiger partial charge is 0.0646 e. The Labute approximate surface area is 176 Å². The molecule has 4 aliphatic carbocycles. The Morgan fingerprint density at radius 1 is 0.931 bits per heavy atom. The predicted octanol–water partition coefficient (Wildman–Crippen LogP) is 6.72. The van der Waals surface area contributed by atoms with E-state index in [0.717, 1.165) is 45.4 Å². The lowest BCUT2D eigenvalue weighted by atomic mass is 9.53. The van der Waals surface area contributed by atoms with E-state index in [1.54, 1.807) is 0 Å². The summed E-state index contributed by atoms with van der Waals surface area (Å²) in [4.78, 5) is 12.2. The first-order chi connectivity index (χ1) is 14.2. The largest absolute Gasteiger partial charge is 0.360 e. The van der Waals surface area contributed by atoms with E-state index in [4.69, 9.17) is 16.6 Å². The van der Waals surface area contributed by atoms with Crippen LogP contribution >= 0.6 is 11.6 Å². The molecule has 1 aromatic carbocycles. The van der Waals surface area contributed by atoms with Gasteiger partial charge in [-0.2, -0.15) is 0 Å². The molecular weight excluding hydrogens is 378 g/mol. The van der Waals surface area contributed by atoms with E-state index in [0.29, 0.717) is 0 Å². The van der Waals surface area contributed by atoms with Gasteiger partial charge in [0, 0.05) is 23.0 Å². The van der Waals surface area contributed by atoms with Gasteiger partial charge in [0.05, 0.1) is 22.6 Å². The SMILES string of the molecule is Clc1ccc(-c2cc(-c3ccc[nH]3)[nH]c2C=NC23CC4CC(CC(C4)C2)C3)cc1. The van der Waals surface area contributed by atoms with E-state index in [9.17, 15) is 0 Å². The molecule has 7 rings (SSSR count). The van der Waals surface area contributed by atoms with Crippen LogP contribution in [-0.4, -0.2) is 21.7 Å². The summed E-state index contributed by atoms with van der Waals surface area (Å²) >= 11 is 6.12. The maximum absolute atomic E-state index is 6.12. The lowest BCUT2D eigenvalue weighted by Gasteiger charge is -2.54. The highest BCUT2D eigenvalue weighted by atomic mass is 35.5. The molecule has 4 fully saturated rings. The fourth-order valence-electron chi connectivity index (χ4n) is 6.51. The molecule has 0 unspecified atom stereocenters. The predicted molar refractivity (Wildman–Crippen MR) is 120 cm³/mol. The van der Waals surface area contributed by atoms with Crippen molar-refractivity contribution in [3.8, 4) is 22.5 Å². The standard InChI is InChI=1S/C25H26ClN3/c26-20-5-3-19(4-6-20)21-11-23(22-2-1-7-27-22)29-24(21)15-28-25-12-16-8-17(13-25)10-18(9-16)14-25/h1-7,11,15-18,27,29H,8-10,12-14H2. The number of aliphatic imine (C=N–C) groups is 1. The zero-order chi connectivity index (χ0) is 19.4. The number of benzene rings is 1. The molecule has 4 heteroatoms. The van der Waals surface area contributed by atoms with Crippen LogP contribution in [0, 0.1) is 17.8 Å². The third kappa shape index (κ3) is 3.16. The molecule has 0 atom stereocenters. The van der Waals surface area contributed by atoms with Crippen molar-refractivity contribution in [2.75, 3.05) is 0 Å². The summed E-state index contributed by atoms with van der Waals surface area (Å²) in [5, 5.41) is 0.762. The molecule has 3 nitrogen and oxygen atoms in total. The zero-order valence-electron chi connectivity index (χ0n) is 16.5. The number of hydrogen-bond donors (Lipinski definition) is 2. The molecule has 0 amide bonds. The van der Waals surface area contributed by atoms with Crippen molar-refractivity contribution in [1.29, 1.82) is 0 Å². The van der Waals surface area contributed by atoms with Crippen LogP contribution in [0.25, 0.3) is 22.5 Å². The quantitative estimate of drug-likeness (QED) is 0.454. The molecule has 2 heterocycles. The van der Waals surface area contributed by atoms with Gasteiger partial charge in [-0.1, -0.05) is 23.7 Å². The first kappa shape index (κ1) is 17.6. The molecule has 0 radical (unpaired) electrons. The minimum atomic E-state index is 0.184. The summed E-state index contributed by atoms with van der Waals surface area (Å²) in [6.45, 7) is 0. The Morgan fingerprint density at radius 2 is 1.62 bits per heavy atom. The lowest BCUT2D eigenvalue weighted by molar-refractivity contribution is 0.00194. The van der Waals surface area contributed by atoms with E-state index in [1.807, 2.05) is 24.4 Å². The van der Waals surface area contributed by atoms with E-state index in [1.165, 1.54) is 44.1 Å². The molecule has 4 saturated carbocycles. The van der Waals surface area contributed by atoms with Gasteiger partial charge in [-0.05, 0) is 92.2 Å². The van der Waals surface area contributed by atoms with Gasteiger partial charge < -0.3 is 9.97 Å². The molecule has 148 valence electrons. The summed E-state index contributed by atoms with van der Waals surface area (Å²) in [5.74, 6) is 2.73. The van der Waals surface area contributed by atoms with Crippen molar-refractivity contribution in [3.63, 3.8) is 0 Å². The lowest BCUT2D eigenvalue weighted by Crippen LogP contribution is -2.49. The Morgan fingerprint density at radius 3 is 2.24 bits per heavy atom. The van der Waals surface area contributed by atoms with Gasteiger partial charge in [-0.15, -0.1) is 0 Å². The highest BCUT2D eigenvalue weighted by molar-refractivity contribution is 6.30. The molecule has 2 aromatic heterocycles. The highest BCUT2D eigenvalue weighted by Crippen LogP contribution is 2.57. The third-order valence-corrected chi connectivity index (χ3v) is 7.62. The van der Waals surface area contributed by atoms with Crippen molar-refractivity contribution in [3.05, 3.63) is 59.4 Å². The van der Waals surface area contributed by atoms with Crippen molar-refractivity contribution >= 4 is 17.8 Å². The van der Waals surface area contributed by atoms with Crippen LogP contribution in [0.2, 0.25) is 5.02 Å². The summed E-state index contributed by atoms with van der Waals surface area (Å²) in [7, 11) is 0. The van der Waals surface area contributed by atoms with Crippen molar-refractivity contribution in [2.45, 2.75) is 44.1 Å². The molecule has 0 aliphatic heterocycles. The topological polar surface area (TPSA) is 43.9 Å². The number of aromatic nitrogens is 2. The zero-order valence-corrected chi connectivity index (χ0v) is 17.3. The van der Waals surface area contributed by atoms with Crippen molar-refractivity contribution in [1.82, 2.24) is 9.97 Å². The molecule has 29 heavy (non-hydrogen) atoms. The van der Waals surface area contributed by atoms with Crippen molar-refractivity contribution in [2.24, 2.45) is 22.7 Å². The molecule has 4 aliphatic rings. The highest BCUT2D eigenvalue weighted by Gasteiger charge is 2.50. The first-order valence-corrected chi connectivity index (χ1v) is 11.2. The number of halogens is 1. The van der Waals surface area contributed by atoms with E-state index in [2.05, 4.69) is 40.4 Å². The number of rotatable bonds is 4. The monoisotopic (exact) mass is 403 g/mol. The second-order valence-electron chi connectivity index (χ2n) is 9.50. The number of nitrogens with one attached hydrogen (secondary N) is 2. The number of hydrogen-bond acceptors (Lipinski definition) is 1. The van der Waals surface area contributed by atoms with Crippen molar-refractivity contribution < 1.29 is 0 Å².